The van der Waals surface area contributed by atoms with Crippen LogP contribution in [0.4, 0.5) is 5.69 Å². The largest absolute Gasteiger partial charge is 0.481 e. The van der Waals surface area contributed by atoms with Crippen molar-refractivity contribution in [2.75, 3.05) is 4.90 Å². The van der Waals surface area contributed by atoms with Gasteiger partial charge in [-0.05, 0) is 37.8 Å². The maximum Gasteiger partial charge on any atom is 0.307 e. The molecule has 0 saturated heterocycles. The Kier molecular flexibility index (Phi) is 3.70. The Morgan fingerprint density at radius 2 is 1.81 bits per heavy atom. The van der Waals surface area contributed by atoms with Crippen LogP contribution < -0.4 is 4.90 Å². The van der Waals surface area contributed by atoms with Crippen LogP contribution in [0.1, 0.15) is 38.2 Å². The predicted octanol–water partition coefficient (Wildman–Crippen LogP) is 2.86. The molecule has 1 aliphatic heterocycles. The van der Waals surface area contributed by atoms with E-state index >= 15 is 0 Å². The monoisotopic (exact) mass is 287 g/mol. The van der Waals surface area contributed by atoms with Crippen LogP contribution >= 0.6 is 0 Å². The van der Waals surface area contributed by atoms with E-state index in [0.717, 1.165) is 24.9 Å². The molecule has 1 fully saturated rings. The number of para-hydroxylation sites is 1. The minimum Gasteiger partial charge on any atom is -0.481 e. The molecule has 1 aromatic carbocycles. The number of hydrogen-bond acceptors (Lipinski definition) is 2. The Balaban J connectivity index is 1.89. The Morgan fingerprint density at radius 3 is 2.52 bits per heavy atom. The molecule has 2 aliphatic rings. The molecule has 0 radical (unpaired) electrons. The van der Waals surface area contributed by atoms with Crippen LogP contribution in [-0.4, -0.2) is 23.0 Å². The minimum atomic E-state index is -0.826. The molecule has 0 spiro atoms. The highest BCUT2D eigenvalue weighted by Gasteiger charge is 2.41. The molecule has 112 valence electrons. The fraction of sp³-hybridized carbons (Fsp3) is 0.529. The van der Waals surface area contributed by atoms with Crippen molar-refractivity contribution in [2.45, 2.75) is 45.1 Å². The lowest BCUT2D eigenvalue weighted by Crippen LogP contribution is -2.45. The van der Waals surface area contributed by atoms with Crippen LogP contribution in [0.2, 0.25) is 0 Å². The fourth-order valence-corrected chi connectivity index (χ4v) is 3.80. The molecule has 4 heteroatoms. The number of anilines is 1. The van der Waals surface area contributed by atoms with E-state index in [1.165, 1.54) is 5.56 Å². The van der Waals surface area contributed by atoms with Crippen LogP contribution in [0.15, 0.2) is 24.3 Å². The van der Waals surface area contributed by atoms with Gasteiger partial charge in [0.05, 0.1) is 11.8 Å². The number of carbonyl (C=O) groups excluding carboxylic acids is 1. The van der Waals surface area contributed by atoms with E-state index in [1.807, 2.05) is 30.0 Å². The quantitative estimate of drug-likeness (QED) is 0.910. The molecule has 21 heavy (non-hydrogen) atoms. The van der Waals surface area contributed by atoms with Crippen molar-refractivity contribution in [3.63, 3.8) is 0 Å². The van der Waals surface area contributed by atoms with Gasteiger partial charge in [-0.1, -0.05) is 31.0 Å². The van der Waals surface area contributed by atoms with Crippen LogP contribution in [0, 0.1) is 11.8 Å². The summed E-state index contributed by atoms with van der Waals surface area (Å²) >= 11 is 0. The summed E-state index contributed by atoms with van der Waals surface area (Å²) in [4.78, 5) is 26.2. The molecule has 1 aromatic rings. The van der Waals surface area contributed by atoms with Crippen molar-refractivity contribution < 1.29 is 14.7 Å². The summed E-state index contributed by atoms with van der Waals surface area (Å²) in [6.07, 6.45) is 4.03. The zero-order valence-corrected chi connectivity index (χ0v) is 12.3. The van der Waals surface area contributed by atoms with Gasteiger partial charge in [-0.15, -0.1) is 0 Å². The van der Waals surface area contributed by atoms with Gasteiger partial charge in [0.15, 0.2) is 0 Å². The second kappa shape index (κ2) is 5.51. The Hall–Kier alpha value is -1.84. The van der Waals surface area contributed by atoms with Crippen molar-refractivity contribution in [1.29, 1.82) is 0 Å². The van der Waals surface area contributed by atoms with E-state index in [9.17, 15) is 14.7 Å². The Labute approximate surface area is 124 Å². The number of carbonyl (C=O) groups is 2. The highest BCUT2D eigenvalue weighted by molar-refractivity contribution is 5.99. The van der Waals surface area contributed by atoms with Gasteiger partial charge in [-0.3, -0.25) is 9.59 Å². The summed E-state index contributed by atoms with van der Waals surface area (Å²) in [7, 11) is 0. The SMILES string of the molecule is C[C@@H]1Cc2ccccc2N1C(=O)[C@@H]1CCCC[C@H]1C(=O)O. The molecule has 1 amide bonds. The second-order valence-electron chi connectivity index (χ2n) is 6.23. The number of nitrogens with zero attached hydrogens (tertiary/aromatic N) is 1. The molecule has 1 heterocycles. The summed E-state index contributed by atoms with van der Waals surface area (Å²) in [5.74, 6) is -1.72. The first kappa shape index (κ1) is 14.1. The van der Waals surface area contributed by atoms with Crippen LogP contribution in [0.5, 0.6) is 0 Å². The minimum absolute atomic E-state index is 0.000417. The highest BCUT2D eigenvalue weighted by atomic mass is 16.4. The molecular formula is C17H21NO3. The molecule has 3 atom stereocenters. The van der Waals surface area contributed by atoms with Gasteiger partial charge in [0.1, 0.15) is 0 Å². The van der Waals surface area contributed by atoms with Gasteiger partial charge in [0.2, 0.25) is 5.91 Å². The first-order valence-electron chi connectivity index (χ1n) is 7.73. The van der Waals surface area contributed by atoms with Crippen LogP contribution in [0.3, 0.4) is 0 Å². The van der Waals surface area contributed by atoms with Gasteiger partial charge in [-0.25, -0.2) is 0 Å². The zero-order chi connectivity index (χ0) is 15.0. The van der Waals surface area contributed by atoms with Crippen molar-refractivity contribution in [3.05, 3.63) is 29.8 Å². The lowest BCUT2D eigenvalue weighted by atomic mass is 9.78. The number of fused-ring (bicyclic) bond motifs is 1. The first-order valence-corrected chi connectivity index (χ1v) is 7.73. The first-order chi connectivity index (χ1) is 10.1. The summed E-state index contributed by atoms with van der Waals surface area (Å²) in [5, 5.41) is 9.39. The third kappa shape index (κ3) is 2.43. The molecule has 1 saturated carbocycles. The topological polar surface area (TPSA) is 57.6 Å². The molecule has 1 N–H and O–H groups in total. The molecule has 4 nitrogen and oxygen atoms in total. The zero-order valence-electron chi connectivity index (χ0n) is 12.3. The van der Waals surface area contributed by atoms with Crippen molar-refractivity contribution in [3.8, 4) is 0 Å². The van der Waals surface area contributed by atoms with E-state index in [-0.39, 0.29) is 17.9 Å². The van der Waals surface area contributed by atoms with Gasteiger partial charge in [-0.2, -0.15) is 0 Å². The van der Waals surface area contributed by atoms with Gasteiger partial charge < -0.3 is 10.0 Å². The number of benzene rings is 1. The van der Waals surface area contributed by atoms with Gasteiger partial charge >= 0.3 is 5.97 Å². The molecule has 0 bridgehead atoms. The van der Waals surface area contributed by atoms with Crippen molar-refractivity contribution >= 4 is 17.6 Å². The number of carboxylic acids is 1. The smallest absolute Gasteiger partial charge is 0.307 e. The van der Waals surface area contributed by atoms with E-state index in [2.05, 4.69) is 6.07 Å². The lowest BCUT2D eigenvalue weighted by molar-refractivity contribution is -0.148. The number of hydrogen-bond donors (Lipinski definition) is 1. The molecule has 0 aromatic heterocycles. The second-order valence-corrected chi connectivity index (χ2v) is 6.23. The summed E-state index contributed by atoms with van der Waals surface area (Å²) in [6, 6.07) is 8.06. The molecule has 3 rings (SSSR count). The number of rotatable bonds is 2. The highest BCUT2D eigenvalue weighted by Crippen LogP contribution is 2.37. The molecule has 0 unspecified atom stereocenters. The summed E-state index contributed by atoms with van der Waals surface area (Å²) in [5.41, 5.74) is 2.14. The van der Waals surface area contributed by atoms with E-state index in [4.69, 9.17) is 0 Å². The van der Waals surface area contributed by atoms with Crippen molar-refractivity contribution in [2.24, 2.45) is 11.8 Å². The number of aliphatic carboxylic acids is 1. The Bertz CT molecular complexity index is 569. The average molecular weight is 287 g/mol. The summed E-state index contributed by atoms with van der Waals surface area (Å²) < 4.78 is 0. The number of carboxylic acid groups (broad SMARTS) is 1. The standard InChI is InChI=1S/C17H21NO3/c1-11-10-12-6-2-5-9-15(12)18(11)16(19)13-7-3-4-8-14(13)17(20)21/h2,5-6,9,11,13-14H,3-4,7-8,10H2,1H3,(H,20,21)/t11-,13-,14-/m1/s1. The fourth-order valence-electron chi connectivity index (χ4n) is 3.80. The maximum absolute atomic E-state index is 13.0. The van der Waals surface area contributed by atoms with Crippen LogP contribution in [-0.2, 0) is 16.0 Å². The van der Waals surface area contributed by atoms with E-state index < -0.39 is 11.9 Å². The van der Waals surface area contributed by atoms with E-state index in [0.29, 0.717) is 12.8 Å². The third-order valence-electron chi connectivity index (χ3n) is 4.85. The van der Waals surface area contributed by atoms with E-state index in [1.54, 1.807) is 0 Å². The Morgan fingerprint density at radius 1 is 1.14 bits per heavy atom. The molecule has 1 aliphatic carbocycles. The summed E-state index contributed by atoms with van der Waals surface area (Å²) in [6.45, 7) is 2.04. The van der Waals surface area contributed by atoms with Crippen LogP contribution in [0.25, 0.3) is 0 Å². The normalized spacial score (nSPS) is 28.2. The molecular weight excluding hydrogens is 266 g/mol. The predicted molar refractivity (Wildman–Crippen MR) is 80.2 cm³/mol. The third-order valence-corrected chi connectivity index (χ3v) is 4.85. The maximum atomic E-state index is 13.0. The van der Waals surface area contributed by atoms with Crippen molar-refractivity contribution in [1.82, 2.24) is 0 Å². The lowest BCUT2D eigenvalue weighted by Gasteiger charge is -2.33. The van der Waals surface area contributed by atoms with Gasteiger partial charge in [0.25, 0.3) is 0 Å². The number of amides is 1. The average Bonchev–Trinajstić information content (AvgIpc) is 2.82. The van der Waals surface area contributed by atoms with Gasteiger partial charge in [0, 0.05) is 11.7 Å².